The first-order valence-corrected chi connectivity index (χ1v) is 6.76. The lowest BCUT2D eigenvalue weighted by Gasteiger charge is -2.06. The van der Waals surface area contributed by atoms with Crippen molar-refractivity contribution in [3.63, 3.8) is 0 Å². The third-order valence-corrected chi connectivity index (χ3v) is 3.32. The van der Waals surface area contributed by atoms with Gasteiger partial charge in [-0.2, -0.15) is 0 Å². The maximum absolute atomic E-state index is 13.2. The summed E-state index contributed by atoms with van der Waals surface area (Å²) in [5.41, 5.74) is 0.397. The molecular weight excluding hydrogens is 321 g/mol. The number of carbonyl (C=O) groups is 1. The molecular formula is C15H10FN3O5. The second-order valence-electron chi connectivity index (χ2n) is 4.92. The Morgan fingerprint density at radius 3 is 2.67 bits per heavy atom. The van der Waals surface area contributed by atoms with E-state index in [4.69, 9.17) is 4.74 Å². The number of ether oxygens (including phenoxy) is 1. The first-order valence-electron chi connectivity index (χ1n) is 6.76. The van der Waals surface area contributed by atoms with E-state index in [0.717, 1.165) is 18.2 Å². The largest absolute Gasteiger partial charge is 0.478 e. The smallest absolute Gasteiger partial charge is 0.323 e. The monoisotopic (exact) mass is 331 g/mol. The fourth-order valence-electron chi connectivity index (χ4n) is 2.19. The van der Waals surface area contributed by atoms with Gasteiger partial charge in [-0.1, -0.05) is 0 Å². The van der Waals surface area contributed by atoms with Gasteiger partial charge in [0.25, 0.3) is 0 Å². The number of nitrogens with zero attached hydrogens (tertiary/aromatic N) is 1. The van der Waals surface area contributed by atoms with Crippen molar-refractivity contribution in [3.8, 4) is 5.75 Å². The lowest BCUT2D eigenvalue weighted by atomic mass is 10.1. The van der Waals surface area contributed by atoms with E-state index in [1.54, 1.807) is 6.07 Å². The van der Waals surface area contributed by atoms with Crippen LogP contribution in [0.25, 0.3) is 11.0 Å². The molecule has 0 radical (unpaired) electrons. The van der Waals surface area contributed by atoms with Crippen molar-refractivity contribution in [2.24, 2.45) is 0 Å². The Morgan fingerprint density at radius 1 is 1.17 bits per heavy atom. The average molecular weight is 331 g/mol. The van der Waals surface area contributed by atoms with Crippen molar-refractivity contribution >= 4 is 22.5 Å². The van der Waals surface area contributed by atoms with Crippen molar-refractivity contribution < 1.29 is 18.8 Å². The van der Waals surface area contributed by atoms with Gasteiger partial charge in [0.1, 0.15) is 5.82 Å². The minimum Gasteiger partial charge on any atom is -0.478 e. The van der Waals surface area contributed by atoms with Crippen LogP contribution < -0.4 is 10.4 Å². The number of imidazole rings is 1. The zero-order valence-corrected chi connectivity index (χ0v) is 12.0. The highest BCUT2D eigenvalue weighted by Crippen LogP contribution is 2.27. The van der Waals surface area contributed by atoms with E-state index in [1.165, 1.54) is 12.1 Å². The number of rotatable bonds is 5. The molecule has 1 heterocycles. The van der Waals surface area contributed by atoms with E-state index in [2.05, 4.69) is 9.97 Å². The molecule has 3 rings (SSSR count). The number of hydrogen-bond donors (Lipinski definition) is 2. The molecule has 0 aliphatic heterocycles. The number of ketones is 1. The number of carbonyl (C=O) groups excluding carboxylic acids is 1. The summed E-state index contributed by atoms with van der Waals surface area (Å²) >= 11 is 0. The summed E-state index contributed by atoms with van der Waals surface area (Å²) in [6.07, 6.45) is 0. The number of Topliss-reactive ketones (excluding diaryl/α,β-unsaturated/α-hetero) is 1. The van der Waals surface area contributed by atoms with E-state index in [9.17, 15) is 24.1 Å². The Labute approximate surface area is 133 Å². The van der Waals surface area contributed by atoms with Crippen LogP contribution in [0.5, 0.6) is 5.75 Å². The maximum atomic E-state index is 13.2. The number of aromatic amines is 2. The molecule has 0 spiro atoms. The second kappa shape index (κ2) is 5.95. The number of nitro groups is 1. The Hall–Kier alpha value is -3.49. The predicted molar refractivity (Wildman–Crippen MR) is 81.8 cm³/mol. The van der Waals surface area contributed by atoms with E-state index in [-0.39, 0.29) is 11.3 Å². The standard InChI is InChI=1S/C15H10FN3O5/c16-9-2-4-12(19(22)23)14(6-9)24-7-13(20)8-1-3-10-11(5-8)18-15(21)17-10/h1-6H,7H2,(H2,17,18,21). The van der Waals surface area contributed by atoms with Gasteiger partial charge in [-0.05, 0) is 24.3 Å². The summed E-state index contributed by atoms with van der Waals surface area (Å²) in [5, 5.41) is 10.9. The molecule has 2 N–H and O–H groups in total. The van der Waals surface area contributed by atoms with Crippen LogP contribution in [0.1, 0.15) is 10.4 Å². The Bertz CT molecular complexity index is 1010. The molecule has 9 heteroatoms. The number of nitrogens with one attached hydrogen (secondary N) is 2. The van der Waals surface area contributed by atoms with Gasteiger partial charge in [-0.15, -0.1) is 0 Å². The summed E-state index contributed by atoms with van der Waals surface area (Å²) in [4.78, 5) is 38.5. The van der Waals surface area contributed by atoms with Crippen LogP contribution in [0.15, 0.2) is 41.2 Å². The third kappa shape index (κ3) is 3.00. The average Bonchev–Trinajstić information content (AvgIpc) is 2.91. The summed E-state index contributed by atoms with van der Waals surface area (Å²) in [6.45, 7) is -0.509. The zero-order chi connectivity index (χ0) is 17.3. The molecule has 0 atom stereocenters. The first kappa shape index (κ1) is 15.4. The normalized spacial score (nSPS) is 10.7. The molecule has 1 aromatic heterocycles. The molecule has 0 amide bonds. The van der Waals surface area contributed by atoms with Gasteiger partial charge in [0.2, 0.25) is 0 Å². The zero-order valence-electron chi connectivity index (χ0n) is 12.0. The van der Waals surface area contributed by atoms with Crippen molar-refractivity contribution in [1.29, 1.82) is 0 Å². The van der Waals surface area contributed by atoms with Crippen molar-refractivity contribution in [3.05, 3.63) is 68.4 Å². The number of benzene rings is 2. The van der Waals surface area contributed by atoms with Gasteiger partial charge in [0, 0.05) is 17.7 Å². The Morgan fingerprint density at radius 2 is 1.92 bits per heavy atom. The van der Waals surface area contributed by atoms with Crippen molar-refractivity contribution in [2.75, 3.05) is 6.61 Å². The van der Waals surface area contributed by atoms with Gasteiger partial charge in [0.15, 0.2) is 18.1 Å². The van der Waals surface area contributed by atoms with Crippen LogP contribution in [0, 0.1) is 15.9 Å². The number of nitro benzene ring substituents is 1. The predicted octanol–water partition coefficient (Wildman–Crippen LogP) is 2.17. The van der Waals surface area contributed by atoms with Gasteiger partial charge in [0.05, 0.1) is 16.0 Å². The quantitative estimate of drug-likeness (QED) is 0.422. The number of H-pyrrole nitrogens is 2. The van der Waals surface area contributed by atoms with Crippen LogP contribution in [-0.4, -0.2) is 27.3 Å². The number of halogens is 1. The maximum Gasteiger partial charge on any atom is 0.323 e. The van der Waals surface area contributed by atoms with Gasteiger partial charge < -0.3 is 14.7 Å². The number of fused-ring (bicyclic) bond motifs is 1. The minimum absolute atomic E-state index is 0.247. The summed E-state index contributed by atoms with van der Waals surface area (Å²) in [5.74, 6) is -1.52. The number of aromatic nitrogens is 2. The second-order valence-corrected chi connectivity index (χ2v) is 4.92. The summed E-state index contributed by atoms with van der Waals surface area (Å²) in [7, 11) is 0. The van der Waals surface area contributed by atoms with E-state index >= 15 is 0 Å². The highest BCUT2D eigenvalue weighted by atomic mass is 19.1. The van der Waals surface area contributed by atoms with E-state index < -0.39 is 34.5 Å². The minimum atomic E-state index is -0.726. The van der Waals surface area contributed by atoms with Crippen LogP contribution in [0.2, 0.25) is 0 Å². The highest BCUT2D eigenvalue weighted by molar-refractivity contribution is 5.99. The molecule has 2 aromatic carbocycles. The summed E-state index contributed by atoms with van der Waals surface area (Å²) in [6, 6.07) is 7.23. The third-order valence-electron chi connectivity index (χ3n) is 3.32. The molecule has 0 fully saturated rings. The summed E-state index contributed by atoms with van der Waals surface area (Å²) < 4.78 is 18.3. The fraction of sp³-hybridized carbons (Fsp3) is 0.0667. The molecule has 24 heavy (non-hydrogen) atoms. The van der Waals surface area contributed by atoms with Crippen LogP contribution in [-0.2, 0) is 0 Å². The highest BCUT2D eigenvalue weighted by Gasteiger charge is 2.17. The molecule has 0 aliphatic rings. The topological polar surface area (TPSA) is 118 Å². The molecule has 122 valence electrons. The van der Waals surface area contributed by atoms with E-state index in [0.29, 0.717) is 11.0 Å². The Kier molecular flexibility index (Phi) is 3.82. The van der Waals surface area contributed by atoms with Crippen molar-refractivity contribution in [1.82, 2.24) is 9.97 Å². The SMILES string of the molecule is O=C(COc1cc(F)ccc1[N+](=O)[O-])c1ccc2[nH]c(=O)[nH]c2c1. The van der Waals surface area contributed by atoms with Crippen LogP contribution in [0.4, 0.5) is 10.1 Å². The van der Waals surface area contributed by atoms with Crippen LogP contribution >= 0.6 is 0 Å². The molecule has 0 saturated heterocycles. The lowest BCUT2D eigenvalue weighted by Crippen LogP contribution is -2.12. The molecule has 3 aromatic rings. The number of hydrogen-bond acceptors (Lipinski definition) is 5. The van der Waals surface area contributed by atoms with E-state index in [1.807, 2.05) is 0 Å². The molecule has 0 unspecified atom stereocenters. The first-order chi connectivity index (χ1) is 11.4. The molecule has 0 bridgehead atoms. The fourth-order valence-corrected chi connectivity index (χ4v) is 2.19. The van der Waals surface area contributed by atoms with Gasteiger partial charge in [-0.3, -0.25) is 14.9 Å². The molecule has 8 nitrogen and oxygen atoms in total. The van der Waals surface area contributed by atoms with Gasteiger partial charge in [-0.25, -0.2) is 9.18 Å². The lowest BCUT2D eigenvalue weighted by molar-refractivity contribution is -0.385. The Balaban J connectivity index is 1.80. The van der Waals surface area contributed by atoms with Gasteiger partial charge >= 0.3 is 11.4 Å². The molecule has 0 aliphatic carbocycles. The van der Waals surface area contributed by atoms with Crippen LogP contribution in [0.3, 0.4) is 0 Å². The van der Waals surface area contributed by atoms with Crippen molar-refractivity contribution in [2.45, 2.75) is 0 Å². The molecule has 0 saturated carbocycles.